The molecule has 1 heterocycles. The van der Waals surface area contributed by atoms with Crippen molar-refractivity contribution in [2.45, 2.75) is 10.6 Å². The summed E-state index contributed by atoms with van der Waals surface area (Å²) in [5.74, 6) is 0.494. The van der Waals surface area contributed by atoms with Crippen molar-refractivity contribution >= 4 is 28.8 Å². The van der Waals surface area contributed by atoms with Crippen molar-refractivity contribution in [3.8, 4) is 5.69 Å². The molecule has 0 radical (unpaired) electrons. The Kier molecular flexibility index (Phi) is 6.04. The molecule has 0 amide bonds. The first kappa shape index (κ1) is 20.3. The molecule has 8 nitrogen and oxygen atoms in total. The van der Waals surface area contributed by atoms with Gasteiger partial charge < -0.3 is 0 Å². The van der Waals surface area contributed by atoms with E-state index in [0.717, 1.165) is 4.90 Å². The van der Waals surface area contributed by atoms with Gasteiger partial charge in [-0.1, -0.05) is 36.4 Å². The zero-order valence-electron chi connectivity index (χ0n) is 16.2. The number of benzene rings is 3. The molecule has 0 saturated heterocycles. The summed E-state index contributed by atoms with van der Waals surface area (Å²) in [5, 5.41) is 22.3. The molecule has 9 heteroatoms. The quantitative estimate of drug-likeness (QED) is 0.173. The van der Waals surface area contributed by atoms with Crippen LogP contribution < -0.4 is 5.56 Å². The number of thioether (sulfide) groups is 1. The maximum absolute atomic E-state index is 13.0. The largest absolute Gasteiger partial charge is 0.299 e. The third kappa shape index (κ3) is 4.78. The van der Waals surface area contributed by atoms with E-state index in [0.29, 0.717) is 22.8 Å². The van der Waals surface area contributed by atoms with Crippen LogP contribution in [-0.2, 0) is 5.75 Å². The van der Waals surface area contributed by atoms with Gasteiger partial charge in [0, 0.05) is 22.8 Å². The molecule has 0 saturated carbocycles. The summed E-state index contributed by atoms with van der Waals surface area (Å²) in [4.78, 5) is 24.4. The summed E-state index contributed by atoms with van der Waals surface area (Å²) in [6.45, 7) is 0. The van der Waals surface area contributed by atoms with Crippen LogP contribution in [0.1, 0.15) is 5.69 Å². The summed E-state index contributed by atoms with van der Waals surface area (Å²) in [6, 6.07) is 24.7. The molecular weight excluding hydrogens is 414 g/mol. The SMILES string of the molecule is O=c1c(N=Nc2ccc([N+](=O)[O-])cc2)c(CSc2ccccc2)[nH]n1-c1ccccc1. The number of para-hydroxylation sites is 1. The smallest absolute Gasteiger partial charge is 0.292 e. The molecule has 31 heavy (non-hydrogen) atoms. The van der Waals surface area contributed by atoms with Gasteiger partial charge in [0.15, 0.2) is 5.69 Å². The minimum absolute atomic E-state index is 0.0352. The molecule has 0 fully saturated rings. The van der Waals surface area contributed by atoms with Gasteiger partial charge in [0.05, 0.1) is 22.0 Å². The number of nitrogens with one attached hydrogen (secondary N) is 1. The fraction of sp³-hybridized carbons (Fsp3) is 0.0455. The van der Waals surface area contributed by atoms with Crippen molar-refractivity contribution in [3.63, 3.8) is 0 Å². The van der Waals surface area contributed by atoms with Gasteiger partial charge in [-0.15, -0.1) is 16.9 Å². The average Bonchev–Trinajstić information content (AvgIpc) is 3.13. The molecule has 154 valence electrons. The number of H-pyrrole nitrogens is 1. The van der Waals surface area contributed by atoms with Gasteiger partial charge in [-0.2, -0.15) is 5.11 Å². The third-order valence-electron chi connectivity index (χ3n) is 4.41. The second-order valence-electron chi connectivity index (χ2n) is 6.49. The molecular formula is C22H17N5O3S. The van der Waals surface area contributed by atoms with Gasteiger partial charge in [0.25, 0.3) is 11.2 Å². The minimum Gasteiger partial charge on any atom is -0.292 e. The number of azo groups is 1. The number of nitro benzene ring substituents is 1. The summed E-state index contributed by atoms with van der Waals surface area (Å²) < 4.78 is 1.44. The lowest BCUT2D eigenvalue weighted by Gasteiger charge is -2.02. The highest BCUT2D eigenvalue weighted by atomic mass is 32.2. The van der Waals surface area contributed by atoms with Crippen LogP contribution in [0.5, 0.6) is 0 Å². The van der Waals surface area contributed by atoms with E-state index in [4.69, 9.17) is 0 Å². The number of aromatic amines is 1. The van der Waals surface area contributed by atoms with E-state index in [2.05, 4.69) is 15.3 Å². The summed E-state index contributed by atoms with van der Waals surface area (Å²) in [5.41, 5.74) is 1.58. The number of rotatable bonds is 7. The summed E-state index contributed by atoms with van der Waals surface area (Å²) in [6.07, 6.45) is 0. The molecule has 0 unspecified atom stereocenters. The predicted octanol–water partition coefficient (Wildman–Crippen LogP) is 5.78. The molecule has 0 aliphatic carbocycles. The van der Waals surface area contributed by atoms with Crippen LogP contribution in [-0.4, -0.2) is 14.7 Å². The molecule has 4 rings (SSSR count). The second kappa shape index (κ2) is 9.23. The lowest BCUT2D eigenvalue weighted by molar-refractivity contribution is -0.384. The first-order valence-corrected chi connectivity index (χ1v) is 10.3. The van der Waals surface area contributed by atoms with E-state index < -0.39 is 4.92 Å². The zero-order chi connectivity index (χ0) is 21.6. The average molecular weight is 431 g/mol. The number of hydrogen-bond donors (Lipinski definition) is 1. The van der Waals surface area contributed by atoms with E-state index in [-0.39, 0.29) is 16.9 Å². The van der Waals surface area contributed by atoms with Crippen LogP contribution in [0.3, 0.4) is 0 Å². The number of hydrogen-bond acceptors (Lipinski definition) is 6. The van der Waals surface area contributed by atoms with Gasteiger partial charge in [0.2, 0.25) is 0 Å². The lowest BCUT2D eigenvalue weighted by Crippen LogP contribution is -2.13. The highest BCUT2D eigenvalue weighted by Crippen LogP contribution is 2.27. The van der Waals surface area contributed by atoms with Crippen LogP contribution in [0.2, 0.25) is 0 Å². The molecule has 1 N–H and O–H groups in total. The van der Waals surface area contributed by atoms with Crippen molar-refractivity contribution in [1.82, 2.24) is 9.78 Å². The number of aromatic nitrogens is 2. The third-order valence-corrected chi connectivity index (χ3v) is 5.44. The second-order valence-corrected chi connectivity index (χ2v) is 7.54. The first-order chi connectivity index (χ1) is 15.1. The normalized spacial score (nSPS) is 11.1. The lowest BCUT2D eigenvalue weighted by atomic mass is 10.3. The van der Waals surface area contributed by atoms with Gasteiger partial charge in [0.1, 0.15) is 0 Å². The molecule has 3 aromatic carbocycles. The zero-order valence-corrected chi connectivity index (χ0v) is 17.0. The Bertz CT molecular complexity index is 1270. The summed E-state index contributed by atoms with van der Waals surface area (Å²) >= 11 is 1.57. The maximum atomic E-state index is 13.0. The fourth-order valence-corrected chi connectivity index (χ4v) is 3.72. The topological polar surface area (TPSA) is 106 Å². The maximum Gasteiger partial charge on any atom is 0.299 e. The van der Waals surface area contributed by atoms with Crippen LogP contribution in [0.4, 0.5) is 17.1 Å². The Balaban J connectivity index is 1.67. The number of non-ortho nitro benzene ring substituents is 1. The monoisotopic (exact) mass is 431 g/mol. The molecule has 0 bridgehead atoms. The Hall–Kier alpha value is -3.98. The molecule has 0 aliphatic rings. The molecule has 0 aliphatic heterocycles. The van der Waals surface area contributed by atoms with Crippen molar-refractivity contribution < 1.29 is 4.92 Å². The van der Waals surface area contributed by atoms with Gasteiger partial charge in [-0.3, -0.25) is 20.0 Å². The predicted molar refractivity (Wildman–Crippen MR) is 120 cm³/mol. The van der Waals surface area contributed by atoms with Crippen molar-refractivity contribution in [3.05, 3.63) is 111 Å². The van der Waals surface area contributed by atoms with Crippen molar-refractivity contribution in [2.75, 3.05) is 0 Å². The van der Waals surface area contributed by atoms with E-state index in [1.54, 1.807) is 11.8 Å². The highest BCUT2D eigenvalue weighted by molar-refractivity contribution is 7.98. The van der Waals surface area contributed by atoms with Crippen LogP contribution in [0, 0.1) is 10.1 Å². The van der Waals surface area contributed by atoms with Crippen LogP contribution >= 0.6 is 11.8 Å². The van der Waals surface area contributed by atoms with Crippen molar-refractivity contribution in [1.29, 1.82) is 0 Å². The Labute approximate surface area is 181 Å². The number of nitro groups is 1. The Morgan fingerprint density at radius 2 is 1.55 bits per heavy atom. The number of nitrogens with zero attached hydrogens (tertiary/aromatic N) is 4. The van der Waals surface area contributed by atoms with E-state index in [1.165, 1.54) is 28.9 Å². The fourth-order valence-electron chi connectivity index (χ4n) is 2.86. The van der Waals surface area contributed by atoms with E-state index in [9.17, 15) is 14.9 Å². The Morgan fingerprint density at radius 1 is 0.903 bits per heavy atom. The molecule has 0 spiro atoms. The minimum atomic E-state index is -0.482. The van der Waals surface area contributed by atoms with Crippen LogP contribution in [0.25, 0.3) is 5.69 Å². The molecule has 4 aromatic rings. The molecule has 1 aromatic heterocycles. The molecule has 0 atom stereocenters. The van der Waals surface area contributed by atoms with Crippen molar-refractivity contribution in [2.24, 2.45) is 10.2 Å². The van der Waals surface area contributed by atoms with E-state index in [1.807, 2.05) is 60.7 Å². The summed E-state index contributed by atoms with van der Waals surface area (Å²) in [7, 11) is 0. The highest BCUT2D eigenvalue weighted by Gasteiger charge is 2.16. The van der Waals surface area contributed by atoms with E-state index >= 15 is 0 Å². The van der Waals surface area contributed by atoms with Crippen LogP contribution in [0.15, 0.2) is 105 Å². The Morgan fingerprint density at radius 3 is 2.19 bits per heavy atom. The standard InChI is InChI=1S/C22H17N5O3S/c28-22-21(24-23-16-11-13-18(14-12-16)27(29)30)20(15-31-19-9-5-2-6-10-19)25-26(22)17-7-3-1-4-8-17/h1-14,25H,15H2. The van der Waals surface area contributed by atoms with Gasteiger partial charge in [-0.05, 0) is 36.4 Å². The van der Waals surface area contributed by atoms with Gasteiger partial charge >= 0.3 is 0 Å². The first-order valence-electron chi connectivity index (χ1n) is 9.35. The van der Waals surface area contributed by atoms with Gasteiger partial charge in [-0.25, -0.2) is 4.68 Å².